The van der Waals surface area contributed by atoms with Gasteiger partial charge >= 0.3 is 10.2 Å². The average molecular weight is 824 g/mol. The SMILES string of the molecule is [N-]=[N+]=NC1C[C@@H](C(=O)NCCOCCOCCNc2ncc(CN3CCCC(c4nc(-c5cccs5)cc(=O)[nH]4)C3)cn2)N(C(=O)c2ccc(S(=O)(=O)F)cc2)C1. The number of ether oxygens (including phenoxy) is 2. The number of aromatic nitrogens is 4. The number of amides is 2. The number of hydrogen-bond acceptors (Lipinski definition) is 14. The summed E-state index contributed by atoms with van der Waals surface area (Å²) in [5.41, 5.74) is 10.5. The molecular weight excluding hydrogens is 782 g/mol. The number of azide groups is 1. The van der Waals surface area contributed by atoms with Crippen molar-refractivity contribution in [2.24, 2.45) is 5.11 Å². The maximum atomic E-state index is 13.3. The van der Waals surface area contributed by atoms with E-state index in [0.29, 0.717) is 37.9 Å². The van der Waals surface area contributed by atoms with Gasteiger partial charge in [0.2, 0.25) is 11.9 Å². The van der Waals surface area contributed by atoms with E-state index in [9.17, 15) is 26.7 Å². The second kappa shape index (κ2) is 19.7. The molecule has 0 saturated carbocycles. The van der Waals surface area contributed by atoms with Crippen molar-refractivity contribution >= 4 is 39.3 Å². The van der Waals surface area contributed by atoms with E-state index in [0.717, 1.165) is 66.5 Å². The summed E-state index contributed by atoms with van der Waals surface area (Å²) in [7, 11) is -4.93. The van der Waals surface area contributed by atoms with E-state index < -0.39 is 39.0 Å². The fourth-order valence-electron chi connectivity index (χ4n) is 6.72. The summed E-state index contributed by atoms with van der Waals surface area (Å²) < 4.78 is 46.7. The molecule has 3 N–H and O–H groups in total. The number of anilines is 1. The van der Waals surface area contributed by atoms with Crippen molar-refractivity contribution in [3.63, 3.8) is 0 Å². The van der Waals surface area contributed by atoms with Crippen LogP contribution >= 0.6 is 11.3 Å². The zero-order chi connectivity index (χ0) is 40.2. The molecule has 0 bridgehead atoms. The Morgan fingerprint density at radius 2 is 1.82 bits per heavy atom. The lowest BCUT2D eigenvalue weighted by atomic mass is 9.96. The van der Waals surface area contributed by atoms with Crippen molar-refractivity contribution in [1.29, 1.82) is 0 Å². The van der Waals surface area contributed by atoms with E-state index in [4.69, 9.17) is 20.0 Å². The van der Waals surface area contributed by atoms with Crippen LogP contribution in [-0.2, 0) is 31.0 Å². The van der Waals surface area contributed by atoms with Crippen LogP contribution in [0.4, 0.5) is 9.83 Å². The van der Waals surface area contributed by atoms with Gasteiger partial charge in [-0.05, 0) is 67.1 Å². The minimum atomic E-state index is -4.93. The number of piperidine rings is 1. The zero-order valence-corrected chi connectivity index (χ0v) is 32.5. The molecule has 302 valence electrons. The third kappa shape index (κ3) is 11.6. The molecule has 2 amide bonds. The van der Waals surface area contributed by atoms with Gasteiger partial charge < -0.3 is 30.0 Å². The Morgan fingerprint density at radius 3 is 2.53 bits per heavy atom. The highest BCUT2D eigenvalue weighted by Gasteiger charge is 2.39. The number of hydrogen-bond donors (Lipinski definition) is 3. The van der Waals surface area contributed by atoms with Crippen molar-refractivity contribution in [3.8, 4) is 10.6 Å². The number of carbonyl (C=O) groups excluding carboxylic acids is 2. The quantitative estimate of drug-likeness (QED) is 0.0430. The van der Waals surface area contributed by atoms with Crippen molar-refractivity contribution in [2.45, 2.75) is 48.7 Å². The largest absolute Gasteiger partial charge is 0.377 e. The van der Waals surface area contributed by atoms with E-state index in [2.05, 4.69) is 40.5 Å². The molecule has 3 aromatic heterocycles. The van der Waals surface area contributed by atoms with Gasteiger partial charge in [-0.1, -0.05) is 11.2 Å². The van der Waals surface area contributed by atoms with Gasteiger partial charge in [-0.2, -0.15) is 8.42 Å². The first kappa shape index (κ1) is 41.3. The average Bonchev–Trinajstić information content (AvgIpc) is 3.90. The van der Waals surface area contributed by atoms with E-state index in [1.54, 1.807) is 29.8 Å². The minimum Gasteiger partial charge on any atom is -0.377 e. The fraction of sp³-hybridized carbons (Fsp3) is 0.444. The van der Waals surface area contributed by atoms with Gasteiger partial charge in [0.05, 0.1) is 47.9 Å². The smallest absolute Gasteiger partial charge is 0.332 e. The van der Waals surface area contributed by atoms with Crippen molar-refractivity contribution in [3.05, 3.63) is 98.0 Å². The van der Waals surface area contributed by atoms with Gasteiger partial charge in [0, 0.05) is 73.1 Å². The number of thiophene rings is 1. The van der Waals surface area contributed by atoms with Crippen LogP contribution in [0, 0.1) is 0 Å². The van der Waals surface area contributed by atoms with Gasteiger partial charge in [0.25, 0.3) is 11.5 Å². The Bertz CT molecular complexity index is 2190. The summed E-state index contributed by atoms with van der Waals surface area (Å²) in [6.45, 7) is 4.17. The maximum absolute atomic E-state index is 13.3. The number of likely N-dealkylation sites (tertiary alicyclic amines) is 2. The van der Waals surface area contributed by atoms with E-state index >= 15 is 0 Å². The van der Waals surface area contributed by atoms with Crippen LogP contribution in [0.5, 0.6) is 0 Å². The first-order chi connectivity index (χ1) is 27.6. The molecule has 3 atom stereocenters. The molecule has 2 fully saturated rings. The standard InChI is InChI=1S/C36H42FN11O7S2/c37-57(52,53)28-7-5-25(6-8-28)35(51)48-23-27(45-46-38)17-30(48)34(50)39-9-12-54-14-15-55-13-10-40-36-41-19-24(20-42-36)21-47-11-1-3-26(22-47)33-43-29(18-32(49)44-33)31-4-2-16-56-31/h2,4-8,16,18-20,26-27,30H,1,3,9-15,17,21-23H2,(H,39,50)(H,40,41,42)(H,43,44,49)/t26?,27?,30-/m0/s1. The van der Waals surface area contributed by atoms with Gasteiger partial charge in [-0.25, -0.2) is 15.0 Å². The van der Waals surface area contributed by atoms with E-state index in [1.165, 1.54) is 4.90 Å². The summed E-state index contributed by atoms with van der Waals surface area (Å²) in [4.78, 5) is 61.9. The minimum absolute atomic E-state index is 0.0134. The number of aromatic amines is 1. The van der Waals surface area contributed by atoms with Crippen LogP contribution in [0.2, 0.25) is 0 Å². The molecule has 57 heavy (non-hydrogen) atoms. The summed E-state index contributed by atoms with van der Waals surface area (Å²) in [6, 6.07) is 8.15. The molecule has 4 aromatic rings. The van der Waals surface area contributed by atoms with Gasteiger partial charge in [-0.3, -0.25) is 19.3 Å². The molecule has 2 saturated heterocycles. The van der Waals surface area contributed by atoms with Gasteiger partial charge in [0.1, 0.15) is 11.9 Å². The highest BCUT2D eigenvalue weighted by Crippen LogP contribution is 2.28. The topological polar surface area (TPSA) is 238 Å². The fourth-order valence-corrected chi connectivity index (χ4v) is 7.87. The Balaban J connectivity index is 0.847. The number of rotatable bonds is 18. The highest BCUT2D eigenvalue weighted by atomic mass is 32.3. The van der Waals surface area contributed by atoms with Crippen LogP contribution in [0.25, 0.3) is 21.0 Å². The maximum Gasteiger partial charge on any atom is 0.332 e. The molecule has 0 aliphatic carbocycles. The number of halogens is 1. The Hall–Kier alpha value is -5.31. The Kier molecular flexibility index (Phi) is 14.3. The van der Waals surface area contributed by atoms with Crippen LogP contribution in [0.1, 0.15) is 46.9 Å². The summed E-state index contributed by atoms with van der Waals surface area (Å²) in [6.07, 6.45) is 5.65. The lowest BCUT2D eigenvalue weighted by Crippen LogP contribution is -2.46. The van der Waals surface area contributed by atoms with Crippen LogP contribution in [-0.4, -0.2) is 121 Å². The number of carbonyl (C=O) groups is 2. The van der Waals surface area contributed by atoms with Crippen LogP contribution < -0.4 is 16.2 Å². The van der Waals surface area contributed by atoms with Crippen LogP contribution in [0.3, 0.4) is 0 Å². The molecule has 18 nitrogen and oxygen atoms in total. The van der Waals surface area contributed by atoms with Crippen LogP contribution in [0.15, 0.2) is 75.0 Å². The number of nitrogens with zero attached hydrogens (tertiary/aromatic N) is 8. The number of nitrogens with one attached hydrogen (secondary N) is 3. The van der Waals surface area contributed by atoms with Crippen molar-refractivity contribution in [1.82, 2.24) is 35.1 Å². The molecule has 2 unspecified atom stereocenters. The molecule has 1 aromatic carbocycles. The predicted octanol–water partition coefficient (Wildman–Crippen LogP) is 3.48. The van der Waals surface area contributed by atoms with Crippen molar-refractivity contribution < 1.29 is 31.4 Å². The normalized spacial score (nSPS) is 18.5. The van der Waals surface area contributed by atoms with E-state index in [-0.39, 0.29) is 49.8 Å². The molecule has 21 heteroatoms. The second-order valence-corrected chi connectivity index (χ2v) is 15.7. The monoisotopic (exact) mass is 823 g/mol. The third-order valence-electron chi connectivity index (χ3n) is 9.42. The molecule has 2 aliphatic heterocycles. The van der Waals surface area contributed by atoms with Gasteiger partial charge in [-0.15, -0.1) is 15.2 Å². The summed E-state index contributed by atoms with van der Waals surface area (Å²) in [5.74, 6) is 0.280. The second-order valence-electron chi connectivity index (χ2n) is 13.5. The first-order valence-electron chi connectivity index (χ1n) is 18.3. The summed E-state index contributed by atoms with van der Waals surface area (Å²) >= 11 is 1.56. The third-order valence-corrected chi connectivity index (χ3v) is 11.2. The Morgan fingerprint density at radius 1 is 1.07 bits per heavy atom. The predicted molar refractivity (Wildman–Crippen MR) is 208 cm³/mol. The van der Waals surface area contributed by atoms with Crippen molar-refractivity contribution in [2.75, 3.05) is 64.5 Å². The zero-order valence-electron chi connectivity index (χ0n) is 30.8. The van der Waals surface area contributed by atoms with E-state index in [1.807, 2.05) is 17.5 Å². The van der Waals surface area contributed by atoms with Gasteiger partial charge in [0.15, 0.2) is 0 Å². The summed E-state index contributed by atoms with van der Waals surface area (Å²) in [5, 5.41) is 11.5. The molecule has 0 spiro atoms. The lowest BCUT2D eigenvalue weighted by molar-refractivity contribution is -0.125. The molecular formula is C36H42FN11O7S2. The number of H-pyrrole nitrogens is 1. The Labute approximate surface area is 331 Å². The molecule has 5 heterocycles. The lowest BCUT2D eigenvalue weighted by Gasteiger charge is -2.32. The molecule has 2 aliphatic rings. The molecule has 6 rings (SSSR count). The first-order valence-corrected chi connectivity index (χ1v) is 20.6. The highest BCUT2D eigenvalue weighted by molar-refractivity contribution is 7.86. The molecule has 0 radical (unpaired) electrons. The number of benzene rings is 1.